The molecule has 2 aromatic carbocycles. The molecule has 3 aromatic rings. The standard InChI is InChI=1S/C21H18N3O4P/c25-21-19(12-22-17-8-6-14(7-9-17)13-29(26,27)28)18-10-16(11-23-20(18)24-21)15-4-2-1-3-5-15/h1-12,19H,13H2,(H,23,24,25)(H2,26,27,28). The minimum Gasteiger partial charge on any atom is -0.324 e. The maximum Gasteiger partial charge on any atom is 0.329 e. The third-order valence-electron chi connectivity index (χ3n) is 4.58. The van der Waals surface area contributed by atoms with E-state index >= 15 is 0 Å². The van der Waals surface area contributed by atoms with Gasteiger partial charge in [0, 0.05) is 23.5 Å². The molecule has 7 nitrogen and oxygen atoms in total. The summed E-state index contributed by atoms with van der Waals surface area (Å²) in [5.74, 6) is -0.223. The van der Waals surface area contributed by atoms with E-state index in [0.29, 0.717) is 17.1 Å². The number of fused-ring (bicyclic) bond motifs is 1. The number of pyridine rings is 1. The summed E-state index contributed by atoms with van der Waals surface area (Å²) in [5, 5.41) is 2.77. The summed E-state index contributed by atoms with van der Waals surface area (Å²) in [6.45, 7) is 0. The Morgan fingerprint density at radius 2 is 1.79 bits per heavy atom. The van der Waals surface area contributed by atoms with E-state index < -0.39 is 13.5 Å². The molecule has 1 aromatic heterocycles. The summed E-state index contributed by atoms with van der Waals surface area (Å²) in [6.07, 6.45) is 2.98. The van der Waals surface area contributed by atoms with Gasteiger partial charge in [0.15, 0.2) is 0 Å². The number of hydrogen-bond acceptors (Lipinski definition) is 4. The summed E-state index contributed by atoms with van der Waals surface area (Å²) >= 11 is 0. The number of anilines is 1. The monoisotopic (exact) mass is 407 g/mol. The number of nitrogens with one attached hydrogen (secondary N) is 1. The number of nitrogens with zero attached hydrogens (tertiary/aromatic N) is 2. The van der Waals surface area contributed by atoms with Crippen LogP contribution in [0.3, 0.4) is 0 Å². The van der Waals surface area contributed by atoms with Gasteiger partial charge in [0.05, 0.1) is 11.8 Å². The van der Waals surface area contributed by atoms with Crippen molar-refractivity contribution in [1.29, 1.82) is 0 Å². The van der Waals surface area contributed by atoms with E-state index in [1.54, 1.807) is 36.7 Å². The lowest BCUT2D eigenvalue weighted by molar-refractivity contribution is -0.115. The zero-order valence-electron chi connectivity index (χ0n) is 15.3. The van der Waals surface area contributed by atoms with E-state index in [1.807, 2.05) is 36.4 Å². The van der Waals surface area contributed by atoms with Gasteiger partial charge in [-0.3, -0.25) is 14.4 Å². The molecule has 0 saturated heterocycles. The number of benzene rings is 2. The maximum atomic E-state index is 12.4. The van der Waals surface area contributed by atoms with E-state index in [0.717, 1.165) is 16.7 Å². The van der Waals surface area contributed by atoms with Gasteiger partial charge in [-0.2, -0.15) is 0 Å². The first-order valence-electron chi connectivity index (χ1n) is 8.93. The molecule has 8 heteroatoms. The molecule has 3 N–H and O–H groups in total. The summed E-state index contributed by atoms with van der Waals surface area (Å²) in [5.41, 5.74) is 3.81. The smallest absolute Gasteiger partial charge is 0.324 e. The first-order valence-corrected chi connectivity index (χ1v) is 10.7. The third kappa shape index (κ3) is 4.49. The molecule has 146 valence electrons. The van der Waals surface area contributed by atoms with Crippen molar-refractivity contribution in [3.05, 3.63) is 78.0 Å². The highest BCUT2D eigenvalue weighted by Crippen LogP contribution is 2.39. The second-order valence-corrected chi connectivity index (χ2v) is 8.41. The molecule has 0 saturated carbocycles. The SMILES string of the molecule is O=C1Nc2ncc(-c3ccccc3)cc2C1C=Nc1ccc(CP(=O)(O)O)cc1. The van der Waals surface area contributed by atoms with Crippen molar-refractivity contribution in [2.45, 2.75) is 12.1 Å². The number of carbonyl (C=O) groups excluding carboxylic acids is 1. The van der Waals surface area contributed by atoms with E-state index in [1.165, 1.54) is 0 Å². The Kier molecular flexibility index (Phi) is 5.11. The number of amides is 1. The molecule has 29 heavy (non-hydrogen) atoms. The van der Waals surface area contributed by atoms with Crippen molar-refractivity contribution < 1.29 is 19.1 Å². The molecule has 1 atom stereocenters. The average molecular weight is 407 g/mol. The fraction of sp³-hybridized carbons (Fsp3) is 0.0952. The van der Waals surface area contributed by atoms with Gasteiger partial charge in [-0.05, 0) is 29.3 Å². The number of rotatable bonds is 5. The first kappa shape index (κ1) is 19.2. The molecule has 0 radical (unpaired) electrons. The Morgan fingerprint density at radius 1 is 1.07 bits per heavy atom. The van der Waals surface area contributed by atoms with Gasteiger partial charge < -0.3 is 15.1 Å². The molecule has 4 rings (SSSR count). The van der Waals surface area contributed by atoms with Crippen LogP contribution in [0, 0.1) is 0 Å². The Labute approximate surface area is 167 Å². The van der Waals surface area contributed by atoms with E-state index in [4.69, 9.17) is 9.79 Å². The minimum atomic E-state index is -4.11. The molecular weight excluding hydrogens is 389 g/mol. The van der Waals surface area contributed by atoms with Crippen LogP contribution in [0.4, 0.5) is 11.5 Å². The van der Waals surface area contributed by atoms with Crippen molar-refractivity contribution in [1.82, 2.24) is 4.98 Å². The van der Waals surface area contributed by atoms with Crippen LogP contribution in [-0.2, 0) is 15.5 Å². The lowest BCUT2D eigenvalue weighted by Gasteiger charge is -2.06. The van der Waals surface area contributed by atoms with E-state index in [9.17, 15) is 9.36 Å². The van der Waals surface area contributed by atoms with Crippen molar-refractivity contribution in [3.63, 3.8) is 0 Å². The minimum absolute atomic E-state index is 0.195. The van der Waals surface area contributed by atoms with Crippen molar-refractivity contribution in [2.24, 2.45) is 4.99 Å². The van der Waals surface area contributed by atoms with Gasteiger partial charge in [0.2, 0.25) is 5.91 Å². The number of aliphatic imine (C=N–C) groups is 1. The molecule has 0 fully saturated rings. The van der Waals surface area contributed by atoms with Crippen molar-refractivity contribution in [3.8, 4) is 11.1 Å². The Balaban J connectivity index is 1.57. The fourth-order valence-corrected chi connectivity index (χ4v) is 3.87. The van der Waals surface area contributed by atoms with Crippen LogP contribution in [0.25, 0.3) is 11.1 Å². The third-order valence-corrected chi connectivity index (χ3v) is 5.36. The molecule has 0 aliphatic carbocycles. The van der Waals surface area contributed by atoms with E-state index in [-0.39, 0.29) is 12.1 Å². The molecule has 2 heterocycles. The van der Waals surface area contributed by atoms with Gasteiger partial charge in [0.25, 0.3) is 0 Å². The highest BCUT2D eigenvalue weighted by molar-refractivity contribution is 7.50. The van der Waals surface area contributed by atoms with Crippen LogP contribution in [0.5, 0.6) is 0 Å². The van der Waals surface area contributed by atoms with Gasteiger partial charge in [-0.15, -0.1) is 0 Å². The number of carbonyl (C=O) groups is 1. The molecule has 1 aliphatic rings. The van der Waals surface area contributed by atoms with Gasteiger partial charge in [-0.1, -0.05) is 42.5 Å². The highest BCUT2D eigenvalue weighted by atomic mass is 31.2. The van der Waals surface area contributed by atoms with Crippen LogP contribution in [0.1, 0.15) is 17.0 Å². The molecule has 1 amide bonds. The lowest BCUT2D eigenvalue weighted by atomic mass is 9.99. The summed E-state index contributed by atoms with van der Waals surface area (Å²) in [7, 11) is -4.11. The predicted molar refractivity (Wildman–Crippen MR) is 111 cm³/mol. The Hall–Kier alpha value is -3.12. The lowest BCUT2D eigenvalue weighted by Crippen LogP contribution is -2.12. The van der Waals surface area contributed by atoms with Gasteiger partial charge in [0.1, 0.15) is 11.7 Å². The second kappa shape index (κ2) is 7.72. The molecular formula is C21H18N3O4P. The zero-order valence-corrected chi connectivity index (χ0v) is 16.2. The van der Waals surface area contributed by atoms with Crippen LogP contribution < -0.4 is 5.32 Å². The van der Waals surface area contributed by atoms with Crippen molar-refractivity contribution >= 4 is 31.2 Å². The van der Waals surface area contributed by atoms with Crippen LogP contribution in [-0.4, -0.2) is 26.9 Å². The van der Waals surface area contributed by atoms with Crippen LogP contribution in [0.15, 0.2) is 71.9 Å². The first-order chi connectivity index (χ1) is 13.9. The van der Waals surface area contributed by atoms with E-state index in [2.05, 4.69) is 15.3 Å². The molecule has 0 bridgehead atoms. The Morgan fingerprint density at radius 3 is 2.48 bits per heavy atom. The predicted octanol–water partition coefficient (Wildman–Crippen LogP) is 3.86. The number of hydrogen-bond donors (Lipinski definition) is 3. The number of aromatic nitrogens is 1. The molecule has 1 aliphatic heterocycles. The molecule has 1 unspecified atom stereocenters. The van der Waals surface area contributed by atoms with Gasteiger partial charge >= 0.3 is 7.60 Å². The molecule has 0 spiro atoms. The van der Waals surface area contributed by atoms with Crippen molar-refractivity contribution in [2.75, 3.05) is 5.32 Å². The topological polar surface area (TPSA) is 112 Å². The normalized spacial score (nSPS) is 16.1. The second-order valence-electron chi connectivity index (χ2n) is 6.76. The van der Waals surface area contributed by atoms with Gasteiger partial charge in [-0.25, -0.2) is 4.98 Å². The summed E-state index contributed by atoms with van der Waals surface area (Å²) in [4.78, 5) is 39.2. The maximum absolute atomic E-state index is 12.4. The fourth-order valence-electron chi connectivity index (χ4n) is 3.18. The van der Waals surface area contributed by atoms with Crippen LogP contribution in [0.2, 0.25) is 0 Å². The van der Waals surface area contributed by atoms with Crippen LogP contribution >= 0.6 is 7.60 Å². The zero-order chi connectivity index (χ0) is 20.4. The summed E-state index contributed by atoms with van der Waals surface area (Å²) < 4.78 is 11.1. The summed E-state index contributed by atoms with van der Waals surface area (Å²) in [6, 6.07) is 18.3. The average Bonchev–Trinajstić information content (AvgIpc) is 3.01. The Bertz CT molecular complexity index is 1120. The quantitative estimate of drug-likeness (QED) is 0.439. The highest BCUT2D eigenvalue weighted by Gasteiger charge is 2.30. The largest absolute Gasteiger partial charge is 0.329 e.